The van der Waals surface area contributed by atoms with Crippen LogP contribution in [0.2, 0.25) is 0 Å². The number of para-hydroxylation sites is 2. The molecule has 0 saturated heterocycles. The fourth-order valence-electron chi connectivity index (χ4n) is 4.25. The number of rotatable bonds is 10. The first kappa shape index (κ1) is 25.2. The average molecular weight is 549 g/mol. The van der Waals surface area contributed by atoms with Gasteiger partial charge in [0.2, 0.25) is 12.7 Å². The van der Waals surface area contributed by atoms with Crippen LogP contribution in [-0.2, 0) is 18.2 Å². The molecule has 0 atom stereocenters. The van der Waals surface area contributed by atoms with Crippen molar-refractivity contribution < 1.29 is 9.13 Å². The van der Waals surface area contributed by atoms with Gasteiger partial charge < -0.3 is 0 Å². The third-order valence-corrected chi connectivity index (χ3v) is 8.48. The molecular weight excluding hydrogens is 521 g/mol. The van der Waals surface area contributed by atoms with Crippen LogP contribution in [0.3, 0.4) is 0 Å². The lowest BCUT2D eigenvalue weighted by Crippen LogP contribution is -2.29. The Kier molecular flexibility index (Phi) is 7.84. The van der Waals surface area contributed by atoms with Gasteiger partial charge in [-0.25, -0.2) is 9.13 Å². The third-order valence-electron chi connectivity index (χ3n) is 6.22. The molecular formula is C31H28N6S2+2. The Balaban J connectivity index is 1.15. The van der Waals surface area contributed by atoms with Crippen molar-refractivity contribution in [1.29, 1.82) is 0 Å². The molecule has 2 heterocycles. The van der Waals surface area contributed by atoms with Crippen molar-refractivity contribution in [1.82, 2.24) is 19.6 Å². The van der Waals surface area contributed by atoms with Crippen LogP contribution in [0.15, 0.2) is 144 Å². The van der Waals surface area contributed by atoms with Gasteiger partial charge in [-0.2, -0.15) is 0 Å². The van der Waals surface area contributed by atoms with Gasteiger partial charge in [0, 0.05) is 31.5 Å². The summed E-state index contributed by atoms with van der Waals surface area (Å²) in [5.41, 5.74) is 4.85. The average Bonchev–Trinajstić information content (AvgIpc) is 3.66. The second kappa shape index (κ2) is 12.1. The molecule has 0 fully saturated rings. The minimum Gasteiger partial charge on any atom is -0.202 e. The van der Waals surface area contributed by atoms with E-state index in [2.05, 4.69) is 129 Å². The van der Waals surface area contributed by atoms with E-state index in [9.17, 15) is 0 Å². The van der Waals surface area contributed by atoms with E-state index in [4.69, 9.17) is 0 Å². The molecule has 0 aliphatic rings. The van der Waals surface area contributed by atoms with Crippen molar-refractivity contribution in [3.05, 3.63) is 146 Å². The van der Waals surface area contributed by atoms with E-state index in [0.29, 0.717) is 6.67 Å². The van der Waals surface area contributed by atoms with Crippen molar-refractivity contribution in [2.24, 2.45) is 0 Å². The Hall–Kier alpha value is -4.14. The molecule has 0 spiro atoms. The van der Waals surface area contributed by atoms with Crippen LogP contribution < -0.4 is 9.13 Å². The van der Waals surface area contributed by atoms with Crippen LogP contribution in [-0.4, -0.2) is 19.6 Å². The second-order valence-corrected chi connectivity index (χ2v) is 11.0. The molecule has 0 bridgehead atoms. The monoisotopic (exact) mass is 548 g/mol. The van der Waals surface area contributed by atoms with Gasteiger partial charge >= 0.3 is 0 Å². The number of benzene rings is 4. The summed E-state index contributed by atoms with van der Waals surface area (Å²) < 4.78 is 7.93. The predicted molar refractivity (Wildman–Crippen MR) is 155 cm³/mol. The second-order valence-electron chi connectivity index (χ2n) is 9.01. The molecule has 0 aliphatic carbocycles. The van der Waals surface area contributed by atoms with E-state index in [0.717, 1.165) is 22.9 Å². The quantitative estimate of drug-likeness (QED) is 0.162. The molecule has 2 aromatic heterocycles. The summed E-state index contributed by atoms with van der Waals surface area (Å²) in [7, 11) is 0. The molecule has 8 heteroatoms. The van der Waals surface area contributed by atoms with Crippen LogP contribution >= 0.6 is 23.5 Å². The largest absolute Gasteiger partial charge is 0.270 e. The minimum atomic E-state index is 0.513. The molecule has 6 rings (SSSR count). The number of hydrogen-bond donors (Lipinski definition) is 0. The minimum absolute atomic E-state index is 0.513. The highest BCUT2D eigenvalue weighted by Crippen LogP contribution is 2.27. The zero-order valence-corrected chi connectivity index (χ0v) is 23.0. The topological polar surface area (TPSA) is 43.4 Å². The van der Waals surface area contributed by atoms with E-state index in [1.165, 1.54) is 20.9 Å². The van der Waals surface area contributed by atoms with Gasteiger partial charge in [-0.15, -0.1) is 23.5 Å². The van der Waals surface area contributed by atoms with Crippen LogP contribution in [0.1, 0.15) is 11.1 Å². The Morgan fingerprint density at radius 1 is 0.513 bits per heavy atom. The summed E-state index contributed by atoms with van der Waals surface area (Å²) in [5.74, 6) is 1.84. The van der Waals surface area contributed by atoms with Gasteiger partial charge in [-0.1, -0.05) is 94.3 Å². The van der Waals surface area contributed by atoms with E-state index in [-0.39, 0.29) is 0 Å². The third kappa shape index (κ3) is 6.30. The number of hydrogen-bond acceptors (Lipinski definition) is 4. The molecule has 0 amide bonds. The van der Waals surface area contributed by atoms with Crippen molar-refractivity contribution >= 4 is 23.5 Å². The standard InChI is InChI=1S/C31H28N6S2/c1-3-11-26(12-4-1)19-38-30-17-9-7-15-28(30)34-21-32-36(23-34)25-37-24-35(22-33-37)29-16-8-10-18-31(29)39-20-27-13-5-2-6-14-27/h1-18,21-24H,19-20,25H2/q+2. The van der Waals surface area contributed by atoms with Gasteiger partial charge in [0.15, 0.2) is 0 Å². The summed E-state index contributed by atoms with van der Waals surface area (Å²) >= 11 is 3.66. The van der Waals surface area contributed by atoms with Crippen molar-refractivity contribution in [2.45, 2.75) is 28.0 Å². The van der Waals surface area contributed by atoms with E-state index >= 15 is 0 Å². The molecule has 0 aliphatic heterocycles. The molecule has 0 saturated carbocycles. The van der Waals surface area contributed by atoms with Crippen molar-refractivity contribution in [2.75, 3.05) is 0 Å². The van der Waals surface area contributed by atoms with Crippen LogP contribution in [0.4, 0.5) is 0 Å². The highest BCUT2D eigenvalue weighted by molar-refractivity contribution is 7.98. The summed E-state index contributed by atoms with van der Waals surface area (Å²) in [6.07, 6.45) is 7.74. The zero-order chi connectivity index (χ0) is 26.3. The molecule has 0 N–H and O–H groups in total. The highest BCUT2D eigenvalue weighted by Gasteiger charge is 2.17. The smallest absolute Gasteiger partial charge is 0.202 e. The van der Waals surface area contributed by atoms with E-state index < -0.39 is 0 Å². The Morgan fingerprint density at radius 3 is 1.38 bits per heavy atom. The number of thioether (sulfide) groups is 2. The van der Waals surface area contributed by atoms with Crippen molar-refractivity contribution in [3.8, 4) is 11.4 Å². The fourth-order valence-corrected chi connectivity index (χ4v) is 6.27. The first-order valence-corrected chi connectivity index (χ1v) is 14.7. The lowest BCUT2D eigenvalue weighted by Gasteiger charge is -2.06. The maximum atomic E-state index is 4.61. The summed E-state index contributed by atoms with van der Waals surface area (Å²) in [6.45, 7) is 0.513. The summed E-state index contributed by atoms with van der Waals surface area (Å²) in [5, 5.41) is 9.21. The molecule has 192 valence electrons. The molecule has 39 heavy (non-hydrogen) atoms. The first-order valence-electron chi connectivity index (χ1n) is 12.7. The molecule has 0 unspecified atom stereocenters. The van der Waals surface area contributed by atoms with Gasteiger partial charge in [-0.05, 0) is 35.4 Å². The lowest BCUT2D eigenvalue weighted by molar-refractivity contribution is -0.599. The lowest BCUT2D eigenvalue weighted by atomic mass is 10.2. The number of aromatic nitrogens is 6. The summed E-state index contributed by atoms with van der Waals surface area (Å²) in [6, 6.07) is 38.0. The molecule has 4 aromatic carbocycles. The van der Waals surface area contributed by atoms with E-state index in [1.54, 1.807) is 0 Å². The van der Waals surface area contributed by atoms with E-state index in [1.807, 2.05) is 58.2 Å². The highest BCUT2D eigenvalue weighted by atomic mass is 32.2. The number of nitrogens with zero attached hydrogens (tertiary/aromatic N) is 6. The van der Waals surface area contributed by atoms with Crippen LogP contribution in [0.25, 0.3) is 11.4 Å². The predicted octanol–water partition coefficient (Wildman–Crippen LogP) is 5.72. The van der Waals surface area contributed by atoms with Gasteiger partial charge in [0.1, 0.15) is 11.4 Å². The Bertz CT molecular complexity index is 1520. The van der Waals surface area contributed by atoms with Crippen LogP contribution in [0.5, 0.6) is 0 Å². The Labute approximate surface area is 236 Å². The normalized spacial score (nSPS) is 11.1. The van der Waals surface area contributed by atoms with Gasteiger partial charge in [-0.3, -0.25) is 0 Å². The first-order chi connectivity index (χ1) is 19.3. The molecule has 0 radical (unpaired) electrons. The molecule has 6 aromatic rings. The maximum Gasteiger partial charge on any atom is 0.270 e. The zero-order valence-electron chi connectivity index (χ0n) is 21.3. The SMILES string of the molecule is c1ccc(CSc2ccccc2-[n+]2cnn(Cn3c[n+](-c4ccccc4SCc4ccccc4)cn3)c2)cc1. The van der Waals surface area contributed by atoms with Gasteiger partial charge in [0.05, 0.1) is 0 Å². The van der Waals surface area contributed by atoms with Crippen LogP contribution in [0, 0.1) is 0 Å². The maximum absolute atomic E-state index is 4.61. The van der Waals surface area contributed by atoms with Gasteiger partial charge in [0.25, 0.3) is 19.3 Å². The van der Waals surface area contributed by atoms with Crippen molar-refractivity contribution in [3.63, 3.8) is 0 Å². The fraction of sp³-hybridized carbons (Fsp3) is 0.0968. The Morgan fingerprint density at radius 2 is 0.923 bits per heavy atom. The summed E-state index contributed by atoms with van der Waals surface area (Å²) in [4.78, 5) is 2.43. The molecule has 6 nitrogen and oxygen atoms in total.